The van der Waals surface area contributed by atoms with Crippen LogP contribution in [0.25, 0.3) is 5.76 Å². The van der Waals surface area contributed by atoms with Crippen molar-refractivity contribution in [3.05, 3.63) is 46.2 Å². The molecule has 2 saturated carbocycles. The molecule has 12 nitrogen and oxygen atoms in total. The molecule has 0 saturated heterocycles. The normalized spacial score (nSPS) is 30.8. The molecule has 6 N–H and O–H groups in total. The maximum atomic E-state index is 14.4. The van der Waals surface area contributed by atoms with E-state index < -0.39 is 81.6 Å². The summed E-state index contributed by atoms with van der Waals surface area (Å²) in [6, 6.07) is 3.11. The quantitative estimate of drug-likeness (QED) is 0.154. The highest BCUT2D eigenvalue weighted by molar-refractivity contribution is 9.09. The molecule has 0 aliphatic heterocycles. The Hall–Kier alpha value is -3.26. The minimum atomic E-state index is -2.99. The Morgan fingerprint density at radius 1 is 1.14 bits per heavy atom. The summed E-state index contributed by atoms with van der Waals surface area (Å²) >= 11 is 3.20. The van der Waals surface area contributed by atoms with Gasteiger partial charge in [-0.3, -0.25) is 24.1 Å². The predicted molar refractivity (Wildman–Crippen MR) is 155 cm³/mol. The zero-order chi connectivity index (χ0) is 31.4. The van der Waals surface area contributed by atoms with Crippen molar-refractivity contribution in [3.8, 4) is 5.75 Å². The number of hydrogen-bond donors (Lipinski definition) is 5. The van der Waals surface area contributed by atoms with Crippen molar-refractivity contribution in [2.45, 2.75) is 61.9 Å². The lowest BCUT2D eigenvalue weighted by Crippen LogP contribution is -2.71. The molecule has 0 aromatic heterocycles. The molecule has 0 spiro atoms. The van der Waals surface area contributed by atoms with Gasteiger partial charge in [0.05, 0.1) is 36.7 Å². The Bertz CT molecular complexity index is 1430. The van der Waals surface area contributed by atoms with Gasteiger partial charge in [0.1, 0.15) is 28.9 Å². The number of phenols is 1. The van der Waals surface area contributed by atoms with Crippen molar-refractivity contribution in [1.29, 1.82) is 0 Å². The molecule has 0 bridgehead atoms. The summed E-state index contributed by atoms with van der Waals surface area (Å²) in [7, 11) is 2.95. The Balaban J connectivity index is 1.80. The number of fused-ring (bicyclic) bond motifs is 3. The fraction of sp³-hybridized carbons (Fsp3) is 0.533. The Kier molecular flexibility index (Phi) is 8.47. The molecular weight excluding hydrogens is 628 g/mol. The van der Waals surface area contributed by atoms with Crippen molar-refractivity contribution in [3.63, 3.8) is 0 Å². The second-order valence-electron chi connectivity index (χ2n) is 11.8. The van der Waals surface area contributed by atoms with Crippen LogP contribution in [0.3, 0.4) is 0 Å². The highest BCUT2D eigenvalue weighted by atomic mass is 79.9. The fourth-order valence-corrected chi connectivity index (χ4v) is 7.61. The molecule has 1 amide bonds. The lowest BCUT2D eigenvalue weighted by molar-refractivity contribution is -0.186. The number of aliphatic hydroxyl groups is 3. The van der Waals surface area contributed by atoms with Crippen LogP contribution in [0, 0.1) is 11.8 Å². The molecule has 4 aliphatic rings. The molecule has 5 rings (SSSR count). The van der Waals surface area contributed by atoms with Gasteiger partial charge in [-0.2, -0.15) is 0 Å². The summed E-state index contributed by atoms with van der Waals surface area (Å²) in [6.07, 6.45) is 1.98. The number of carbonyl (C=O) groups is 4. The van der Waals surface area contributed by atoms with Crippen LogP contribution in [-0.2, 0) is 28.7 Å². The van der Waals surface area contributed by atoms with Gasteiger partial charge >= 0.3 is 5.97 Å². The number of phenolic OH excluding ortho intramolecular Hbond substituents is 1. The number of rotatable bonds is 8. The molecule has 232 valence electrons. The monoisotopic (exact) mass is 662 g/mol. The van der Waals surface area contributed by atoms with E-state index in [0.717, 1.165) is 25.7 Å². The van der Waals surface area contributed by atoms with Crippen molar-refractivity contribution in [2.75, 3.05) is 26.0 Å². The topological polar surface area (TPSA) is 197 Å². The van der Waals surface area contributed by atoms with Crippen LogP contribution in [-0.4, -0.2) is 98.7 Å². The van der Waals surface area contributed by atoms with Gasteiger partial charge in [-0.25, -0.2) is 0 Å². The smallest absolute Gasteiger partial charge is 0.306 e. The number of nitrogens with zero attached hydrogens (tertiary/aromatic N) is 1. The second kappa shape index (κ2) is 11.7. The van der Waals surface area contributed by atoms with Gasteiger partial charge in [-0.05, 0) is 38.6 Å². The standard InChI is InChI=1S/C30H35BrN2O10/c1-33(2)23-22-26(43-17(35)10-11-31)19-15(12-42-13-6-3-4-7-13)14-8-5-9-16(34)18(14)24(36)20(19)27(38)30(22,41)28(39)21(25(23)37)29(32)40/h5,8-9,13,15,19,22-23,26,34,36,39,41H,3-4,6-7,10-12H2,1-2H3,(H2,32,40)/t15-,19+,22+,23-,26-,30-/m0/s1. The minimum absolute atomic E-state index is 0.00241. The van der Waals surface area contributed by atoms with Crippen LogP contribution in [0.2, 0.25) is 0 Å². The maximum Gasteiger partial charge on any atom is 0.306 e. The van der Waals surface area contributed by atoms with Gasteiger partial charge in [-0.15, -0.1) is 0 Å². The number of hydrogen-bond acceptors (Lipinski definition) is 11. The number of primary amides is 1. The van der Waals surface area contributed by atoms with E-state index in [9.17, 15) is 39.6 Å². The highest BCUT2D eigenvalue weighted by Crippen LogP contribution is 2.57. The molecule has 6 atom stereocenters. The van der Waals surface area contributed by atoms with Crippen LogP contribution < -0.4 is 5.73 Å². The maximum absolute atomic E-state index is 14.4. The first-order valence-corrected chi connectivity index (χ1v) is 15.3. The number of ether oxygens (including phenoxy) is 2. The van der Waals surface area contributed by atoms with Gasteiger partial charge in [0.15, 0.2) is 11.4 Å². The summed E-state index contributed by atoms with van der Waals surface area (Å²) in [5.41, 5.74) is 1.41. The highest BCUT2D eigenvalue weighted by Gasteiger charge is 2.70. The SMILES string of the molecule is CN(C)[C@@H]1C(=O)C(C(N)=O)=C(O)[C@@]2(O)C(=O)C3=C(O)c4c(O)cccc4[C@H](COC4CCCC4)[C@H]3[C@H](OC(=O)CCBr)[C@@H]12. The molecule has 0 heterocycles. The Morgan fingerprint density at radius 3 is 2.42 bits per heavy atom. The third-order valence-electron chi connectivity index (χ3n) is 9.15. The third-order valence-corrected chi connectivity index (χ3v) is 9.55. The van der Waals surface area contributed by atoms with Gasteiger partial charge < -0.3 is 35.6 Å². The average Bonchev–Trinajstić information content (AvgIpc) is 3.45. The number of halogens is 1. The molecule has 1 aromatic rings. The zero-order valence-corrected chi connectivity index (χ0v) is 25.4. The number of alkyl halides is 1. The van der Waals surface area contributed by atoms with Crippen LogP contribution >= 0.6 is 15.9 Å². The minimum Gasteiger partial charge on any atom is -0.508 e. The van der Waals surface area contributed by atoms with E-state index in [0.29, 0.717) is 5.56 Å². The fourth-order valence-electron chi connectivity index (χ4n) is 7.29. The molecular formula is C30H35BrN2O10. The third kappa shape index (κ3) is 4.86. The second-order valence-corrected chi connectivity index (χ2v) is 12.5. The zero-order valence-electron chi connectivity index (χ0n) is 23.8. The largest absolute Gasteiger partial charge is 0.508 e. The number of likely N-dealkylation sites (N-methyl/N-ethyl adjacent to an activating group) is 1. The van der Waals surface area contributed by atoms with E-state index in [1.807, 2.05) is 0 Å². The number of aromatic hydroxyl groups is 1. The molecule has 13 heteroatoms. The summed E-state index contributed by atoms with van der Waals surface area (Å²) < 4.78 is 12.3. The number of amides is 1. The number of carbonyl (C=O) groups excluding carboxylic acids is 4. The van der Waals surface area contributed by atoms with Crippen LogP contribution in [0.4, 0.5) is 0 Å². The van der Waals surface area contributed by atoms with E-state index in [-0.39, 0.29) is 35.8 Å². The van der Waals surface area contributed by atoms with Gasteiger partial charge in [0.25, 0.3) is 5.91 Å². The van der Waals surface area contributed by atoms with Crippen molar-refractivity contribution in [1.82, 2.24) is 4.90 Å². The summed E-state index contributed by atoms with van der Waals surface area (Å²) in [6.45, 7) is 0.00241. The van der Waals surface area contributed by atoms with Crippen LogP contribution in [0.1, 0.15) is 49.1 Å². The van der Waals surface area contributed by atoms with E-state index in [1.54, 1.807) is 12.1 Å². The number of Topliss-reactive ketones (excluding diaryl/α,β-unsaturated/α-hetero) is 2. The van der Waals surface area contributed by atoms with E-state index in [4.69, 9.17) is 15.2 Å². The molecule has 0 unspecified atom stereocenters. The first-order chi connectivity index (χ1) is 20.4. The Morgan fingerprint density at radius 2 is 1.81 bits per heavy atom. The lowest BCUT2D eigenvalue weighted by atomic mass is 9.54. The Labute approximate surface area is 256 Å². The number of nitrogens with two attached hydrogens (primary N) is 1. The summed E-state index contributed by atoms with van der Waals surface area (Å²) in [5, 5.41) is 46.1. The van der Waals surface area contributed by atoms with E-state index in [2.05, 4.69) is 15.9 Å². The predicted octanol–water partition coefficient (Wildman–Crippen LogP) is 1.77. The van der Waals surface area contributed by atoms with Gasteiger partial charge in [-0.1, -0.05) is 40.9 Å². The van der Waals surface area contributed by atoms with Crippen molar-refractivity contribution >= 4 is 45.1 Å². The van der Waals surface area contributed by atoms with E-state index in [1.165, 1.54) is 25.1 Å². The first-order valence-electron chi connectivity index (χ1n) is 14.2. The van der Waals surface area contributed by atoms with Crippen molar-refractivity contribution < 1.29 is 49.1 Å². The number of esters is 1. The summed E-state index contributed by atoms with van der Waals surface area (Å²) in [4.78, 5) is 55.0. The van der Waals surface area contributed by atoms with E-state index >= 15 is 0 Å². The van der Waals surface area contributed by atoms with Gasteiger partial charge in [0, 0.05) is 22.7 Å². The first kappa shape index (κ1) is 31.2. The summed E-state index contributed by atoms with van der Waals surface area (Å²) in [5.74, 6) is -10.1. The molecule has 4 aliphatic carbocycles. The molecule has 2 fully saturated rings. The van der Waals surface area contributed by atoms with Crippen LogP contribution in [0.5, 0.6) is 5.75 Å². The lowest BCUT2D eigenvalue weighted by Gasteiger charge is -2.54. The molecule has 0 radical (unpaired) electrons. The average molecular weight is 664 g/mol. The van der Waals surface area contributed by atoms with Gasteiger partial charge in [0.2, 0.25) is 5.78 Å². The number of benzene rings is 1. The number of aliphatic hydroxyl groups excluding tert-OH is 2. The molecule has 43 heavy (non-hydrogen) atoms. The van der Waals surface area contributed by atoms with Crippen LogP contribution in [0.15, 0.2) is 35.1 Å². The molecule has 1 aromatic carbocycles. The van der Waals surface area contributed by atoms with Crippen molar-refractivity contribution in [2.24, 2.45) is 17.6 Å². The number of ketones is 2.